The number of benzene rings is 1. The first-order valence-corrected chi connectivity index (χ1v) is 7.29. The molecule has 1 aromatic carbocycles. The van der Waals surface area contributed by atoms with Crippen LogP contribution in [0.2, 0.25) is 0 Å². The molecule has 2 aromatic heterocycles. The van der Waals surface area contributed by atoms with Crippen molar-refractivity contribution in [2.75, 3.05) is 5.73 Å². The molecular formula is C18H17N5. The average molecular weight is 303 g/mol. The summed E-state index contributed by atoms with van der Waals surface area (Å²) in [5, 5.41) is 13.8. The smallest absolute Gasteiger partial charge is 0.142 e. The maximum Gasteiger partial charge on any atom is 0.142 e. The predicted octanol–water partition coefficient (Wildman–Crippen LogP) is 3.22. The second-order valence-corrected chi connectivity index (χ2v) is 5.47. The summed E-state index contributed by atoms with van der Waals surface area (Å²) in [6.07, 6.45) is 1.77. The van der Waals surface area contributed by atoms with Crippen molar-refractivity contribution in [3.8, 4) is 28.5 Å². The van der Waals surface area contributed by atoms with Crippen LogP contribution in [0.15, 0.2) is 36.5 Å². The fraction of sp³-hybridized carbons (Fsp3) is 0.167. The summed E-state index contributed by atoms with van der Waals surface area (Å²) in [7, 11) is 1.88. The molecule has 3 aromatic rings. The first-order chi connectivity index (χ1) is 11.0. The largest absolute Gasteiger partial charge is 0.383 e. The van der Waals surface area contributed by atoms with Gasteiger partial charge in [-0.2, -0.15) is 10.4 Å². The van der Waals surface area contributed by atoms with Crippen LogP contribution in [0.5, 0.6) is 0 Å². The molecule has 114 valence electrons. The van der Waals surface area contributed by atoms with Gasteiger partial charge in [-0.3, -0.25) is 4.68 Å². The van der Waals surface area contributed by atoms with Crippen LogP contribution in [0.1, 0.15) is 16.8 Å². The van der Waals surface area contributed by atoms with Gasteiger partial charge in [0.1, 0.15) is 17.5 Å². The van der Waals surface area contributed by atoms with Gasteiger partial charge in [-0.05, 0) is 19.4 Å². The molecule has 0 spiro atoms. The number of rotatable bonds is 2. The minimum atomic E-state index is 0.246. The molecule has 0 radical (unpaired) electrons. The van der Waals surface area contributed by atoms with E-state index in [0.29, 0.717) is 5.56 Å². The molecule has 2 heterocycles. The highest BCUT2D eigenvalue weighted by molar-refractivity contribution is 5.84. The highest BCUT2D eigenvalue weighted by atomic mass is 15.3. The molecule has 0 aliphatic heterocycles. The number of nitrogen functional groups attached to an aromatic ring is 1. The maximum atomic E-state index is 9.55. The average Bonchev–Trinajstić information content (AvgIpc) is 2.89. The van der Waals surface area contributed by atoms with E-state index in [4.69, 9.17) is 5.73 Å². The van der Waals surface area contributed by atoms with Crippen molar-refractivity contribution in [3.63, 3.8) is 0 Å². The molecule has 0 unspecified atom stereocenters. The Hall–Kier alpha value is -3.13. The zero-order chi connectivity index (χ0) is 16.6. The van der Waals surface area contributed by atoms with E-state index in [9.17, 15) is 5.26 Å². The Kier molecular flexibility index (Phi) is 3.59. The standard InChI is InChI=1S/C18H17N5/c1-11-16(15-10-21-23(3)12(15)2)14(9-19)18(20)22-17(11)13-7-5-4-6-8-13/h4-8,10H,1-3H3,(H2,20,22). The van der Waals surface area contributed by atoms with E-state index in [1.165, 1.54) is 0 Å². The van der Waals surface area contributed by atoms with Gasteiger partial charge in [-0.25, -0.2) is 4.98 Å². The molecule has 5 nitrogen and oxygen atoms in total. The predicted molar refractivity (Wildman–Crippen MR) is 90.5 cm³/mol. The van der Waals surface area contributed by atoms with E-state index in [2.05, 4.69) is 16.2 Å². The lowest BCUT2D eigenvalue weighted by atomic mass is 9.93. The van der Waals surface area contributed by atoms with Crippen molar-refractivity contribution in [3.05, 3.63) is 53.3 Å². The molecular weight excluding hydrogens is 286 g/mol. The lowest BCUT2D eigenvalue weighted by molar-refractivity contribution is 0.740. The van der Waals surface area contributed by atoms with Gasteiger partial charge in [0.05, 0.1) is 11.9 Å². The zero-order valence-electron chi connectivity index (χ0n) is 13.3. The molecule has 0 amide bonds. The van der Waals surface area contributed by atoms with Gasteiger partial charge in [0.25, 0.3) is 0 Å². The van der Waals surface area contributed by atoms with Gasteiger partial charge in [0, 0.05) is 29.4 Å². The minimum Gasteiger partial charge on any atom is -0.383 e. The van der Waals surface area contributed by atoms with Crippen molar-refractivity contribution >= 4 is 5.82 Å². The summed E-state index contributed by atoms with van der Waals surface area (Å²) in [5.41, 5.74) is 11.9. The molecule has 0 saturated carbocycles. The SMILES string of the molecule is Cc1c(-c2ccccc2)nc(N)c(C#N)c1-c1cnn(C)c1C. The van der Waals surface area contributed by atoms with Crippen molar-refractivity contribution in [1.29, 1.82) is 5.26 Å². The van der Waals surface area contributed by atoms with Crippen LogP contribution in [0.4, 0.5) is 5.82 Å². The van der Waals surface area contributed by atoms with Gasteiger partial charge in [0.15, 0.2) is 0 Å². The Balaban J connectivity index is 2.37. The van der Waals surface area contributed by atoms with Crippen molar-refractivity contribution < 1.29 is 0 Å². The number of aromatic nitrogens is 3. The third kappa shape index (κ3) is 2.34. The first-order valence-electron chi connectivity index (χ1n) is 7.29. The third-order valence-electron chi connectivity index (χ3n) is 4.13. The van der Waals surface area contributed by atoms with Crippen molar-refractivity contribution in [2.24, 2.45) is 7.05 Å². The Morgan fingerprint density at radius 3 is 2.43 bits per heavy atom. The molecule has 0 atom stereocenters. The number of pyridine rings is 1. The van der Waals surface area contributed by atoms with Crippen LogP contribution >= 0.6 is 0 Å². The summed E-state index contributed by atoms with van der Waals surface area (Å²) in [6, 6.07) is 12.0. The van der Waals surface area contributed by atoms with E-state index >= 15 is 0 Å². The maximum absolute atomic E-state index is 9.55. The second kappa shape index (κ2) is 5.58. The quantitative estimate of drug-likeness (QED) is 0.788. The zero-order valence-corrected chi connectivity index (χ0v) is 13.3. The monoisotopic (exact) mass is 303 g/mol. The van der Waals surface area contributed by atoms with Crippen LogP contribution < -0.4 is 5.73 Å². The number of nitrogens with two attached hydrogens (primary N) is 1. The highest BCUT2D eigenvalue weighted by Gasteiger charge is 2.20. The number of hydrogen-bond donors (Lipinski definition) is 1. The highest BCUT2D eigenvalue weighted by Crippen LogP contribution is 2.36. The van der Waals surface area contributed by atoms with Gasteiger partial charge >= 0.3 is 0 Å². The fourth-order valence-corrected chi connectivity index (χ4v) is 2.77. The van der Waals surface area contributed by atoms with E-state index < -0.39 is 0 Å². The Morgan fingerprint density at radius 2 is 1.87 bits per heavy atom. The van der Waals surface area contributed by atoms with E-state index in [1.807, 2.05) is 51.2 Å². The van der Waals surface area contributed by atoms with Crippen LogP contribution in [-0.2, 0) is 7.05 Å². The van der Waals surface area contributed by atoms with Crippen LogP contribution in [0, 0.1) is 25.2 Å². The molecule has 0 aliphatic carbocycles. The molecule has 0 fully saturated rings. The molecule has 2 N–H and O–H groups in total. The fourth-order valence-electron chi connectivity index (χ4n) is 2.77. The number of nitrogens with zero attached hydrogens (tertiary/aromatic N) is 4. The Bertz CT molecular complexity index is 917. The van der Waals surface area contributed by atoms with Gasteiger partial charge in [-0.15, -0.1) is 0 Å². The Labute approximate surface area is 135 Å². The van der Waals surface area contributed by atoms with Crippen LogP contribution in [0.25, 0.3) is 22.4 Å². The first kappa shape index (κ1) is 14.8. The number of hydrogen-bond acceptors (Lipinski definition) is 4. The number of aryl methyl sites for hydroxylation is 1. The molecule has 3 rings (SSSR count). The minimum absolute atomic E-state index is 0.246. The van der Waals surface area contributed by atoms with Gasteiger partial charge in [0.2, 0.25) is 0 Å². The summed E-state index contributed by atoms with van der Waals surface area (Å²) >= 11 is 0. The van der Waals surface area contributed by atoms with Crippen LogP contribution in [0.3, 0.4) is 0 Å². The number of nitriles is 1. The third-order valence-corrected chi connectivity index (χ3v) is 4.13. The molecule has 23 heavy (non-hydrogen) atoms. The van der Waals surface area contributed by atoms with E-state index in [0.717, 1.165) is 33.6 Å². The molecule has 0 aliphatic rings. The molecule has 0 saturated heterocycles. The summed E-state index contributed by atoms with van der Waals surface area (Å²) in [5.74, 6) is 0.246. The number of anilines is 1. The summed E-state index contributed by atoms with van der Waals surface area (Å²) in [6.45, 7) is 3.94. The lowest BCUT2D eigenvalue weighted by Gasteiger charge is -2.14. The van der Waals surface area contributed by atoms with Crippen molar-refractivity contribution in [1.82, 2.24) is 14.8 Å². The molecule has 5 heteroatoms. The summed E-state index contributed by atoms with van der Waals surface area (Å²) in [4.78, 5) is 4.46. The summed E-state index contributed by atoms with van der Waals surface area (Å²) < 4.78 is 1.79. The van der Waals surface area contributed by atoms with Gasteiger partial charge < -0.3 is 5.73 Å². The Morgan fingerprint density at radius 1 is 1.17 bits per heavy atom. The normalized spacial score (nSPS) is 10.5. The van der Waals surface area contributed by atoms with Gasteiger partial charge in [-0.1, -0.05) is 30.3 Å². The molecule has 0 bridgehead atoms. The van der Waals surface area contributed by atoms with Crippen molar-refractivity contribution in [2.45, 2.75) is 13.8 Å². The van der Waals surface area contributed by atoms with E-state index in [-0.39, 0.29) is 5.82 Å². The van der Waals surface area contributed by atoms with Crippen LogP contribution in [-0.4, -0.2) is 14.8 Å². The topological polar surface area (TPSA) is 80.5 Å². The second-order valence-electron chi connectivity index (χ2n) is 5.47. The lowest BCUT2D eigenvalue weighted by Crippen LogP contribution is -2.04. The van der Waals surface area contributed by atoms with E-state index in [1.54, 1.807) is 10.9 Å².